The van der Waals surface area contributed by atoms with Crippen molar-refractivity contribution < 1.29 is 8.78 Å². The van der Waals surface area contributed by atoms with Gasteiger partial charge in [-0.3, -0.25) is 5.10 Å². The molecule has 0 spiro atoms. The SMILES string of the molecule is Fc1ccc(-c2nc(N3CCCNCC3)n[nH]2)cc1F. The molecule has 1 aliphatic rings. The van der Waals surface area contributed by atoms with Crippen molar-refractivity contribution in [2.24, 2.45) is 0 Å². The van der Waals surface area contributed by atoms with E-state index < -0.39 is 11.6 Å². The fourth-order valence-corrected chi connectivity index (χ4v) is 2.21. The molecule has 1 aromatic carbocycles. The van der Waals surface area contributed by atoms with Gasteiger partial charge in [-0.25, -0.2) is 8.78 Å². The number of aromatic amines is 1. The topological polar surface area (TPSA) is 56.8 Å². The first kappa shape index (κ1) is 13.0. The number of anilines is 1. The fraction of sp³-hybridized carbons (Fsp3) is 0.385. The molecule has 1 aromatic heterocycles. The van der Waals surface area contributed by atoms with E-state index in [0.717, 1.165) is 44.7 Å². The molecule has 1 fully saturated rings. The lowest BCUT2D eigenvalue weighted by Gasteiger charge is -2.16. The minimum atomic E-state index is -0.889. The van der Waals surface area contributed by atoms with E-state index in [-0.39, 0.29) is 0 Å². The Morgan fingerprint density at radius 2 is 2.00 bits per heavy atom. The Morgan fingerprint density at radius 3 is 2.85 bits per heavy atom. The molecule has 5 nitrogen and oxygen atoms in total. The molecule has 1 aliphatic heterocycles. The van der Waals surface area contributed by atoms with Gasteiger partial charge in [-0.1, -0.05) is 0 Å². The van der Waals surface area contributed by atoms with Crippen LogP contribution in [-0.2, 0) is 0 Å². The van der Waals surface area contributed by atoms with Gasteiger partial charge in [0.15, 0.2) is 17.5 Å². The number of benzene rings is 1. The molecule has 0 atom stereocenters. The van der Waals surface area contributed by atoms with Crippen LogP contribution in [0.1, 0.15) is 6.42 Å². The zero-order valence-corrected chi connectivity index (χ0v) is 10.9. The first-order chi connectivity index (χ1) is 9.74. The Hall–Kier alpha value is -2.02. The smallest absolute Gasteiger partial charge is 0.245 e. The quantitative estimate of drug-likeness (QED) is 0.875. The summed E-state index contributed by atoms with van der Waals surface area (Å²) >= 11 is 0. The molecule has 0 radical (unpaired) electrons. The van der Waals surface area contributed by atoms with E-state index in [1.54, 1.807) is 0 Å². The minimum Gasteiger partial charge on any atom is -0.338 e. The Balaban J connectivity index is 1.83. The zero-order chi connectivity index (χ0) is 13.9. The number of H-pyrrole nitrogens is 1. The highest BCUT2D eigenvalue weighted by molar-refractivity contribution is 5.56. The van der Waals surface area contributed by atoms with Crippen LogP contribution in [0.15, 0.2) is 18.2 Å². The normalized spacial score (nSPS) is 16.2. The molecular weight excluding hydrogens is 264 g/mol. The Labute approximate surface area is 115 Å². The zero-order valence-electron chi connectivity index (χ0n) is 10.9. The molecule has 0 unspecified atom stereocenters. The molecular formula is C13H15F2N5. The standard InChI is InChI=1S/C13H15F2N5/c14-10-3-2-9(8-11(10)15)12-17-13(19-18-12)20-6-1-4-16-5-7-20/h2-3,8,16H,1,4-7H2,(H,17,18,19). The highest BCUT2D eigenvalue weighted by Crippen LogP contribution is 2.20. The molecule has 2 N–H and O–H groups in total. The summed E-state index contributed by atoms with van der Waals surface area (Å²) in [6, 6.07) is 3.68. The number of rotatable bonds is 2. The average molecular weight is 279 g/mol. The number of nitrogens with one attached hydrogen (secondary N) is 2. The monoisotopic (exact) mass is 279 g/mol. The van der Waals surface area contributed by atoms with Crippen molar-refractivity contribution in [3.63, 3.8) is 0 Å². The Morgan fingerprint density at radius 1 is 1.10 bits per heavy atom. The maximum atomic E-state index is 13.2. The van der Waals surface area contributed by atoms with Crippen molar-refractivity contribution >= 4 is 5.95 Å². The molecule has 7 heteroatoms. The van der Waals surface area contributed by atoms with E-state index in [9.17, 15) is 8.78 Å². The summed E-state index contributed by atoms with van der Waals surface area (Å²) in [6.45, 7) is 3.57. The summed E-state index contributed by atoms with van der Waals surface area (Å²) in [5.74, 6) is -0.726. The van der Waals surface area contributed by atoms with Gasteiger partial charge in [0.05, 0.1) is 0 Å². The van der Waals surface area contributed by atoms with Gasteiger partial charge in [0.25, 0.3) is 0 Å². The highest BCUT2D eigenvalue weighted by atomic mass is 19.2. The third kappa shape index (κ3) is 2.62. The van der Waals surface area contributed by atoms with Gasteiger partial charge >= 0.3 is 0 Å². The summed E-state index contributed by atoms with van der Waals surface area (Å²) in [4.78, 5) is 6.43. The predicted octanol–water partition coefficient (Wildman–Crippen LogP) is 1.55. The van der Waals surface area contributed by atoms with Gasteiger partial charge in [-0.05, 0) is 31.2 Å². The van der Waals surface area contributed by atoms with Gasteiger partial charge in [0.1, 0.15) is 0 Å². The summed E-state index contributed by atoms with van der Waals surface area (Å²) < 4.78 is 26.1. The van der Waals surface area contributed by atoms with Gasteiger partial charge in [-0.2, -0.15) is 4.98 Å². The Kier molecular flexibility index (Phi) is 3.60. The third-order valence-electron chi connectivity index (χ3n) is 3.29. The Bertz CT molecular complexity index is 590. The maximum Gasteiger partial charge on any atom is 0.245 e. The number of hydrogen-bond acceptors (Lipinski definition) is 4. The van der Waals surface area contributed by atoms with Crippen molar-refractivity contribution in [1.29, 1.82) is 0 Å². The third-order valence-corrected chi connectivity index (χ3v) is 3.29. The second kappa shape index (κ2) is 5.54. The maximum absolute atomic E-state index is 13.2. The molecule has 0 amide bonds. The number of aromatic nitrogens is 3. The largest absolute Gasteiger partial charge is 0.338 e. The molecule has 3 rings (SSSR count). The summed E-state index contributed by atoms with van der Waals surface area (Å²) in [5, 5.41) is 10.2. The lowest BCUT2D eigenvalue weighted by molar-refractivity contribution is 0.509. The van der Waals surface area contributed by atoms with Crippen LogP contribution in [0, 0.1) is 11.6 Å². The van der Waals surface area contributed by atoms with Crippen molar-refractivity contribution in [2.45, 2.75) is 6.42 Å². The van der Waals surface area contributed by atoms with Crippen molar-refractivity contribution in [3.8, 4) is 11.4 Å². The van der Waals surface area contributed by atoms with Crippen LogP contribution < -0.4 is 10.2 Å². The molecule has 0 aliphatic carbocycles. The van der Waals surface area contributed by atoms with Crippen molar-refractivity contribution in [2.75, 3.05) is 31.1 Å². The van der Waals surface area contributed by atoms with E-state index in [0.29, 0.717) is 17.3 Å². The van der Waals surface area contributed by atoms with Crippen LogP contribution in [0.3, 0.4) is 0 Å². The molecule has 20 heavy (non-hydrogen) atoms. The fourth-order valence-electron chi connectivity index (χ4n) is 2.21. The predicted molar refractivity (Wildman–Crippen MR) is 71.4 cm³/mol. The summed E-state index contributed by atoms with van der Waals surface area (Å²) in [7, 11) is 0. The highest BCUT2D eigenvalue weighted by Gasteiger charge is 2.15. The molecule has 0 saturated carbocycles. The first-order valence-corrected chi connectivity index (χ1v) is 6.57. The van der Waals surface area contributed by atoms with Crippen LogP contribution in [0.2, 0.25) is 0 Å². The average Bonchev–Trinajstić information content (AvgIpc) is 2.78. The van der Waals surface area contributed by atoms with Crippen molar-refractivity contribution in [3.05, 3.63) is 29.8 Å². The van der Waals surface area contributed by atoms with Gasteiger partial charge in [0, 0.05) is 25.2 Å². The van der Waals surface area contributed by atoms with Crippen LogP contribution in [-0.4, -0.2) is 41.4 Å². The van der Waals surface area contributed by atoms with Crippen LogP contribution in [0.25, 0.3) is 11.4 Å². The van der Waals surface area contributed by atoms with Gasteiger partial charge in [0.2, 0.25) is 5.95 Å². The van der Waals surface area contributed by atoms with Crippen LogP contribution in [0.5, 0.6) is 0 Å². The van der Waals surface area contributed by atoms with Gasteiger partial charge in [-0.15, -0.1) is 5.10 Å². The number of nitrogens with zero attached hydrogens (tertiary/aromatic N) is 3. The molecule has 2 heterocycles. The van der Waals surface area contributed by atoms with E-state index >= 15 is 0 Å². The van der Waals surface area contributed by atoms with E-state index in [4.69, 9.17) is 0 Å². The summed E-state index contributed by atoms with van der Waals surface area (Å²) in [5.41, 5.74) is 0.482. The number of hydrogen-bond donors (Lipinski definition) is 2. The van der Waals surface area contributed by atoms with Crippen LogP contribution >= 0.6 is 0 Å². The first-order valence-electron chi connectivity index (χ1n) is 6.57. The van der Waals surface area contributed by atoms with Crippen molar-refractivity contribution in [1.82, 2.24) is 20.5 Å². The lowest BCUT2D eigenvalue weighted by Crippen LogP contribution is -2.28. The number of halogens is 2. The molecule has 1 saturated heterocycles. The second-order valence-corrected chi connectivity index (χ2v) is 4.70. The van der Waals surface area contributed by atoms with Gasteiger partial charge < -0.3 is 10.2 Å². The van der Waals surface area contributed by atoms with Crippen LogP contribution in [0.4, 0.5) is 14.7 Å². The second-order valence-electron chi connectivity index (χ2n) is 4.70. The lowest BCUT2D eigenvalue weighted by atomic mass is 10.2. The molecule has 0 bridgehead atoms. The minimum absolute atomic E-state index is 0.441. The molecule has 106 valence electrons. The van der Waals surface area contributed by atoms with E-state index in [1.807, 2.05) is 0 Å². The van der Waals surface area contributed by atoms with E-state index in [2.05, 4.69) is 25.4 Å². The van der Waals surface area contributed by atoms with E-state index in [1.165, 1.54) is 6.07 Å². The summed E-state index contributed by atoms with van der Waals surface area (Å²) in [6.07, 6.45) is 1.02. The molecule has 2 aromatic rings.